The number of hydrogen-bond acceptors (Lipinski definition) is 8. The molecule has 2 atom stereocenters. The average molecular weight is 591 g/mol. The van der Waals surface area contributed by atoms with E-state index in [2.05, 4.69) is 17.0 Å². The summed E-state index contributed by atoms with van der Waals surface area (Å²) in [6.45, 7) is 2.28. The van der Waals surface area contributed by atoms with Crippen molar-refractivity contribution in [2.45, 2.75) is 147 Å². The Balaban J connectivity index is 3.63. The summed E-state index contributed by atoms with van der Waals surface area (Å²) in [5.74, 6) is -0.369. The molecular formula is C30H58N2O5S2. The molecule has 0 aliphatic rings. The maximum absolute atomic E-state index is 12.3. The molecule has 0 aliphatic carbocycles. The maximum Gasteiger partial charge on any atom is 0.329 e. The summed E-state index contributed by atoms with van der Waals surface area (Å²) in [5.41, 5.74) is 5.70. The fourth-order valence-electron chi connectivity index (χ4n) is 4.40. The van der Waals surface area contributed by atoms with Gasteiger partial charge < -0.3 is 20.5 Å². The SMILES string of the molecule is CCCCCCCCCCCCCCCCCCCCCC(=O)N[C@@H](CSSCC(N)C(=O)OC)C(=O)OC. The number of carbonyl (C=O) groups is 3. The Kier molecular flexibility index (Phi) is 27.9. The van der Waals surface area contributed by atoms with Crippen molar-refractivity contribution in [3.63, 3.8) is 0 Å². The first kappa shape index (κ1) is 38.1. The molecule has 0 spiro atoms. The van der Waals surface area contributed by atoms with Gasteiger partial charge in [0, 0.05) is 17.9 Å². The lowest BCUT2D eigenvalue weighted by atomic mass is 10.0. The minimum absolute atomic E-state index is 0.130. The van der Waals surface area contributed by atoms with Crippen LogP contribution in [0.4, 0.5) is 0 Å². The van der Waals surface area contributed by atoms with Gasteiger partial charge in [-0.1, -0.05) is 144 Å². The number of unbranched alkanes of at least 4 members (excludes halogenated alkanes) is 18. The molecule has 9 heteroatoms. The van der Waals surface area contributed by atoms with E-state index < -0.39 is 24.0 Å². The summed E-state index contributed by atoms with van der Waals surface area (Å²) < 4.78 is 9.41. The normalized spacial score (nSPS) is 12.6. The van der Waals surface area contributed by atoms with Gasteiger partial charge in [0.15, 0.2) is 0 Å². The summed E-state index contributed by atoms with van der Waals surface area (Å²) >= 11 is 0. The van der Waals surface area contributed by atoms with Crippen LogP contribution < -0.4 is 11.1 Å². The number of hydrogen-bond donors (Lipinski definition) is 2. The van der Waals surface area contributed by atoms with Crippen LogP contribution in [0.3, 0.4) is 0 Å². The highest BCUT2D eigenvalue weighted by Crippen LogP contribution is 2.23. The zero-order chi connectivity index (χ0) is 29.0. The third kappa shape index (κ3) is 24.6. The van der Waals surface area contributed by atoms with Gasteiger partial charge in [-0.15, -0.1) is 0 Å². The van der Waals surface area contributed by atoms with Crippen LogP contribution in [0, 0.1) is 0 Å². The lowest BCUT2D eigenvalue weighted by Crippen LogP contribution is -2.43. The fourth-order valence-corrected chi connectivity index (χ4v) is 6.65. The zero-order valence-electron chi connectivity index (χ0n) is 25.1. The predicted molar refractivity (Wildman–Crippen MR) is 167 cm³/mol. The molecule has 0 aromatic rings. The van der Waals surface area contributed by atoms with E-state index in [1.807, 2.05) is 0 Å². The van der Waals surface area contributed by atoms with E-state index in [0.29, 0.717) is 17.9 Å². The smallest absolute Gasteiger partial charge is 0.329 e. The third-order valence-corrected chi connectivity index (χ3v) is 9.35. The van der Waals surface area contributed by atoms with Gasteiger partial charge in [0.2, 0.25) is 5.91 Å². The number of carbonyl (C=O) groups excluding carboxylic acids is 3. The van der Waals surface area contributed by atoms with E-state index in [9.17, 15) is 14.4 Å². The largest absolute Gasteiger partial charge is 0.468 e. The molecule has 0 rings (SSSR count). The van der Waals surface area contributed by atoms with E-state index in [4.69, 9.17) is 10.5 Å². The first-order chi connectivity index (χ1) is 19.0. The molecule has 1 unspecified atom stereocenters. The molecule has 0 bridgehead atoms. The molecule has 0 heterocycles. The van der Waals surface area contributed by atoms with Crippen LogP contribution in [0.5, 0.6) is 0 Å². The maximum atomic E-state index is 12.3. The van der Waals surface area contributed by atoms with E-state index in [-0.39, 0.29) is 5.91 Å². The molecule has 3 N–H and O–H groups in total. The molecule has 0 aromatic heterocycles. The molecule has 0 aromatic carbocycles. The topological polar surface area (TPSA) is 108 Å². The van der Waals surface area contributed by atoms with Crippen LogP contribution in [-0.2, 0) is 23.9 Å². The van der Waals surface area contributed by atoms with Gasteiger partial charge >= 0.3 is 11.9 Å². The number of amides is 1. The van der Waals surface area contributed by atoms with E-state index >= 15 is 0 Å². The second kappa shape index (κ2) is 28.6. The summed E-state index contributed by atoms with van der Waals surface area (Å²) in [6.07, 6.45) is 25.5. The number of esters is 2. The number of methoxy groups -OCH3 is 2. The minimum atomic E-state index is -0.715. The number of nitrogens with one attached hydrogen (secondary N) is 1. The van der Waals surface area contributed by atoms with E-state index in [1.54, 1.807) is 0 Å². The van der Waals surface area contributed by atoms with Crippen molar-refractivity contribution in [2.24, 2.45) is 5.73 Å². The first-order valence-electron chi connectivity index (χ1n) is 15.4. The molecule has 0 radical (unpaired) electrons. The van der Waals surface area contributed by atoms with Crippen molar-refractivity contribution in [1.82, 2.24) is 5.32 Å². The van der Waals surface area contributed by atoms with Crippen LogP contribution in [0.1, 0.15) is 135 Å². The van der Waals surface area contributed by atoms with Crippen LogP contribution in [-0.4, -0.2) is 55.7 Å². The van der Waals surface area contributed by atoms with Crippen LogP contribution in [0.15, 0.2) is 0 Å². The summed E-state index contributed by atoms with van der Waals surface area (Å²) in [6, 6.07) is -1.43. The highest BCUT2D eigenvalue weighted by Gasteiger charge is 2.22. The van der Waals surface area contributed by atoms with Crippen LogP contribution in [0.2, 0.25) is 0 Å². The summed E-state index contributed by atoms with van der Waals surface area (Å²) in [5, 5.41) is 2.78. The lowest BCUT2D eigenvalue weighted by Gasteiger charge is -2.16. The van der Waals surface area contributed by atoms with Gasteiger partial charge in [0.25, 0.3) is 0 Å². The standard InChI is InChI=1S/C30H58N2O5S2/c1-4-5-6-7-8-9-10-11-12-13-14-15-16-17-18-19-20-21-22-23-28(33)32-27(30(35)37-3)25-39-38-24-26(31)29(34)36-2/h26-27H,4-25,31H2,1-3H3,(H,32,33)/t26?,27-/m0/s1. The molecule has 1 amide bonds. The highest BCUT2D eigenvalue weighted by molar-refractivity contribution is 8.76. The summed E-state index contributed by atoms with van der Waals surface area (Å²) in [7, 11) is 5.34. The molecule has 0 aliphatic heterocycles. The van der Waals surface area contributed by atoms with Crippen molar-refractivity contribution >= 4 is 39.4 Å². The van der Waals surface area contributed by atoms with Crippen molar-refractivity contribution in [3.8, 4) is 0 Å². The Morgan fingerprint density at radius 2 is 1.00 bits per heavy atom. The zero-order valence-corrected chi connectivity index (χ0v) is 26.8. The molecular weight excluding hydrogens is 532 g/mol. The quantitative estimate of drug-likeness (QED) is 0.0553. The Morgan fingerprint density at radius 3 is 1.41 bits per heavy atom. The average Bonchev–Trinajstić information content (AvgIpc) is 2.94. The third-order valence-electron chi connectivity index (χ3n) is 6.90. The van der Waals surface area contributed by atoms with Gasteiger partial charge in [-0.2, -0.15) is 0 Å². The van der Waals surface area contributed by atoms with Crippen molar-refractivity contribution in [1.29, 1.82) is 0 Å². The monoisotopic (exact) mass is 590 g/mol. The number of ether oxygens (including phenoxy) is 2. The van der Waals surface area contributed by atoms with Gasteiger partial charge in [-0.3, -0.25) is 9.59 Å². The Hall–Kier alpha value is -0.930. The Labute approximate surface area is 247 Å². The molecule has 7 nitrogen and oxygen atoms in total. The van der Waals surface area contributed by atoms with Gasteiger partial charge in [0.1, 0.15) is 12.1 Å². The number of nitrogens with two attached hydrogens (primary N) is 1. The Bertz CT molecular complexity index is 610. The van der Waals surface area contributed by atoms with Crippen molar-refractivity contribution in [2.75, 3.05) is 25.7 Å². The Morgan fingerprint density at radius 1 is 0.615 bits per heavy atom. The van der Waals surface area contributed by atoms with Gasteiger partial charge in [-0.05, 0) is 6.42 Å². The highest BCUT2D eigenvalue weighted by atomic mass is 33.1. The van der Waals surface area contributed by atoms with Crippen molar-refractivity contribution in [3.05, 3.63) is 0 Å². The van der Waals surface area contributed by atoms with E-state index in [0.717, 1.165) is 19.3 Å². The molecule has 230 valence electrons. The molecule has 0 fully saturated rings. The predicted octanol–water partition coefficient (Wildman–Crippen LogP) is 7.35. The molecule has 39 heavy (non-hydrogen) atoms. The minimum Gasteiger partial charge on any atom is -0.468 e. The van der Waals surface area contributed by atoms with Crippen LogP contribution >= 0.6 is 21.6 Å². The second-order valence-corrected chi connectivity index (χ2v) is 13.0. The summed E-state index contributed by atoms with van der Waals surface area (Å²) in [4.78, 5) is 35.7. The van der Waals surface area contributed by atoms with Gasteiger partial charge in [0.05, 0.1) is 14.2 Å². The van der Waals surface area contributed by atoms with Crippen molar-refractivity contribution < 1.29 is 23.9 Å². The number of rotatable bonds is 28. The van der Waals surface area contributed by atoms with E-state index in [1.165, 1.54) is 139 Å². The van der Waals surface area contributed by atoms with Gasteiger partial charge in [-0.25, -0.2) is 4.79 Å². The second-order valence-electron chi connectivity index (χ2n) is 10.5. The first-order valence-corrected chi connectivity index (χ1v) is 17.9. The van der Waals surface area contributed by atoms with Crippen LogP contribution in [0.25, 0.3) is 0 Å². The molecule has 0 saturated carbocycles. The molecule has 0 saturated heterocycles. The lowest BCUT2D eigenvalue weighted by molar-refractivity contribution is -0.144. The fraction of sp³-hybridized carbons (Fsp3) is 0.900.